The average Bonchev–Trinajstić information content (AvgIpc) is 3.13. The molecule has 3 saturated heterocycles. The Morgan fingerprint density at radius 2 is 1.75 bits per heavy atom. The van der Waals surface area contributed by atoms with E-state index in [0.717, 1.165) is 32.0 Å². The van der Waals surface area contributed by atoms with Gasteiger partial charge in [-0.3, -0.25) is 4.79 Å². The zero-order valence-electron chi connectivity index (χ0n) is 12.6. The summed E-state index contributed by atoms with van der Waals surface area (Å²) in [6, 6.07) is 0.449. The van der Waals surface area contributed by atoms with E-state index in [2.05, 4.69) is 15.1 Å². The molecule has 3 fully saturated rings. The van der Waals surface area contributed by atoms with Crippen molar-refractivity contribution < 1.29 is 4.79 Å². The number of amides is 1. The number of carbonyl (C=O) groups excluding carboxylic acids is 1. The van der Waals surface area contributed by atoms with Crippen LogP contribution < -0.4 is 5.32 Å². The third-order valence-corrected chi connectivity index (χ3v) is 5.27. The Hall–Kier alpha value is -0.610. The lowest BCUT2D eigenvalue weighted by Gasteiger charge is -2.34. The summed E-state index contributed by atoms with van der Waals surface area (Å²) in [5.74, 6) is 1.20. The van der Waals surface area contributed by atoms with Gasteiger partial charge in [-0.05, 0) is 64.1 Å². The van der Waals surface area contributed by atoms with Crippen molar-refractivity contribution in [2.24, 2.45) is 5.92 Å². The lowest BCUT2D eigenvalue weighted by Crippen LogP contribution is -2.43. The number of hydrogen-bond acceptors (Lipinski definition) is 3. The fourth-order valence-electron chi connectivity index (χ4n) is 3.97. The highest BCUT2D eigenvalue weighted by Gasteiger charge is 2.27. The molecule has 1 amide bonds. The van der Waals surface area contributed by atoms with Crippen LogP contribution in [0.25, 0.3) is 0 Å². The smallest absolute Gasteiger partial charge is 0.224 e. The van der Waals surface area contributed by atoms with E-state index < -0.39 is 0 Å². The van der Waals surface area contributed by atoms with E-state index in [1.165, 1.54) is 58.2 Å². The summed E-state index contributed by atoms with van der Waals surface area (Å²) in [5, 5.41) is 3.43. The summed E-state index contributed by atoms with van der Waals surface area (Å²) >= 11 is 0. The second-order valence-electron chi connectivity index (χ2n) is 6.83. The van der Waals surface area contributed by atoms with Crippen LogP contribution in [0, 0.1) is 5.92 Å². The van der Waals surface area contributed by atoms with Crippen molar-refractivity contribution in [2.75, 3.05) is 39.3 Å². The summed E-state index contributed by atoms with van der Waals surface area (Å²) in [7, 11) is 0. The summed E-state index contributed by atoms with van der Waals surface area (Å²) in [5.41, 5.74) is 0. The first-order valence-corrected chi connectivity index (χ1v) is 8.55. The van der Waals surface area contributed by atoms with Gasteiger partial charge in [-0.1, -0.05) is 0 Å². The molecule has 0 aromatic carbocycles. The van der Waals surface area contributed by atoms with Crippen molar-refractivity contribution in [1.82, 2.24) is 15.1 Å². The fraction of sp³-hybridized carbons (Fsp3) is 0.938. The zero-order chi connectivity index (χ0) is 13.8. The molecule has 0 aromatic heterocycles. The normalized spacial score (nSPS) is 29.2. The van der Waals surface area contributed by atoms with Gasteiger partial charge in [-0.15, -0.1) is 0 Å². The van der Waals surface area contributed by atoms with Gasteiger partial charge in [0.2, 0.25) is 5.91 Å². The number of hydrogen-bond donors (Lipinski definition) is 1. The number of nitrogens with zero attached hydrogens (tertiary/aromatic N) is 2. The van der Waals surface area contributed by atoms with Crippen LogP contribution in [0.2, 0.25) is 0 Å². The Bertz CT molecular complexity index is 314. The van der Waals surface area contributed by atoms with Crippen molar-refractivity contribution in [3.63, 3.8) is 0 Å². The number of piperidine rings is 1. The Morgan fingerprint density at radius 1 is 1.00 bits per heavy atom. The second-order valence-corrected chi connectivity index (χ2v) is 6.83. The van der Waals surface area contributed by atoms with Crippen molar-refractivity contribution >= 4 is 5.91 Å². The molecule has 4 nitrogen and oxygen atoms in total. The van der Waals surface area contributed by atoms with Gasteiger partial charge in [0, 0.05) is 32.1 Å². The van der Waals surface area contributed by atoms with Crippen molar-refractivity contribution in [2.45, 2.75) is 51.0 Å². The highest BCUT2D eigenvalue weighted by Crippen LogP contribution is 2.21. The molecule has 0 spiro atoms. The monoisotopic (exact) mass is 279 g/mol. The molecule has 0 bridgehead atoms. The maximum Gasteiger partial charge on any atom is 0.224 e. The topological polar surface area (TPSA) is 35.6 Å². The van der Waals surface area contributed by atoms with E-state index in [4.69, 9.17) is 0 Å². The van der Waals surface area contributed by atoms with Gasteiger partial charge in [-0.2, -0.15) is 0 Å². The third-order valence-electron chi connectivity index (χ3n) is 5.27. The molecule has 3 rings (SSSR count). The summed E-state index contributed by atoms with van der Waals surface area (Å²) in [6.45, 7) is 6.94. The summed E-state index contributed by atoms with van der Waals surface area (Å²) in [6.07, 6.45) is 8.31. The molecule has 3 heterocycles. The molecule has 20 heavy (non-hydrogen) atoms. The van der Waals surface area contributed by atoms with E-state index in [-0.39, 0.29) is 0 Å². The van der Waals surface area contributed by atoms with Gasteiger partial charge in [-0.25, -0.2) is 0 Å². The van der Waals surface area contributed by atoms with Gasteiger partial charge in [0.1, 0.15) is 0 Å². The van der Waals surface area contributed by atoms with Gasteiger partial charge in [0.15, 0.2) is 0 Å². The molecule has 114 valence electrons. The van der Waals surface area contributed by atoms with Gasteiger partial charge in [0.25, 0.3) is 0 Å². The maximum absolute atomic E-state index is 12.3. The second kappa shape index (κ2) is 6.90. The first kappa shape index (κ1) is 14.3. The molecule has 1 unspecified atom stereocenters. The Kier molecular flexibility index (Phi) is 4.94. The van der Waals surface area contributed by atoms with Crippen LogP contribution in [0.15, 0.2) is 0 Å². The van der Waals surface area contributed by atoms with Crippen LogP contribution in [-0.4, -0.2) is 61.0 Å². The van der Waals surface area contributed by atoms with Crippen LogP contribution in [0.4, 0.5) is 0 Å². The third kappa shape index (κ3) is 3.73. The molecular weight excluding hydrogens is 250 g/mol. The van der Waals surface area contributed by atoms with E-state index >= 15 is 0 Å². The minimum absolute atomic E-state index is 0.379. The van der Waals surface area contributed by atoms with Crippen LogP contribution in [0.5, 0.6) is 0 Å². The average molecular weight is 279 g/mol. The van der Waals surface area contributed by atoms with E-state index in [1.54, 1.807) is 0 Å². The molecule has 0 aromatic rings. The lowest BCUT2D eigenvalue weighted by atomic mass is 9.95. The standard InChI is InChI=1S/C16H29N3O/c20-16(12-15-4-3-7-17-15)19-10-5-14(6-11-19)13-18-8-1-2-9-18/h14-15,17H,1-13H2. The van der Waals surface area contributed by atoms with Gasteiger partial charge in [0.05, 0.1) is 0 Å². The molecule has 0 saturated carbocycles. The number of nitrogens with one attached hydrogen (secondary N) is 1. The molecule has 3 aliphatic rings. The molecule has 0 radical (unpaired) electrons. The first-order valence-electron chi connectivity index (χ1n) is 8.55. The predicted octanol–water partition coefficient (Wildman–Crippen LogP) is 1.46. The van der Waals surface area contributed by atoms with Crippen LogP contribution in [0.3, 0.4) is 0 Å². The first-order chi connectivity index (χ1) is 9.81. The fourth-order valence-corrected chi connectivity index (χ4v) is 3.97. The quantitative estimate of drug-likeness (QED) is 0.846. The zero-order valence-corrected chi connectivity index (χ0v) is 12.6. The highest BCUT2D eigenvalue weighted by atomic mass is 16.2. The molecule has 3 aliphatic heterocycles. The number of carbonyl (C=O) groups is 1. The predicted molar refractivity (Wildman–Crippen MR) is 80.6 cm³/mol. The largest absolute Gasteiger partial charge is 0.343 e. The van der Waals surface area contributed by atoms with E-state index in [9.17, 15) is 4.79 Å². The van der Waals surface area contributed by atoms with Crippen LogP contribution in [0.1, 0.15) is 44.9 Å². The van der Waals surface area contributed by atoms with Crippen molar-refractivity contribution in [3.05, 3.63) is 0 Å². The lowest BCUT2D eigenvalue weighted by molar-refractivity contribution is -0.133. The van der Waals surface area contributed by atoms with E-state index in [1.807, 2.05) is 0 Å². The minimum Gasteiger partial charge on any atom is -0.343 e. The van der Waals surface area contributed by atoms with Crippen LogP contribution >= 0.6 is 0 Å². The molecule has 1 N–H and O–H groups in total. The van der Waals surface area contributed by atoms with Gasteiger partial charge >= 0.3 is 0 Å². The molecule has 0 aliphatic carbocycles. The maximum atomic E-state index is 12.3. The minimum atomic E-state index is 0.379. The number of likely N-dealkylation sites (tertiary alicyclic amines) is 2. The van der Waals surface area contributed by atoms with Crippen LogP contribution in [-0.2, 0) is 4.79 Å². The van der Waals surface area contributed by atoms with Crippen molar-refractivity contribution in [3.8, 4) is 0 Å². The molecule has 1 atom stereocenters. The Labute approximate surface area is 122 Å². The van der Waals surface area contributed by atoms with Gasteiger partial charge < -0.3 is 15.1 Å². The highest BCUT2D eigenvalue weighted by molar-refractivity contribution is 5.77. The number of rotatable bonds is 4. The Morgan fingerprint density at radius 3 is 2.40 bits per heavy atom. The molecule has 4 heteroatoms. The SMILES string of the molecule is O=C(CC1CCCN1)N1CCC(CN2CCCC2)CC1. The summed E-state index contributed by atoms with van der Waals surface area (Å²) in [4.78, 5) is 17.0. The van der Waals surface area contributed by atoms with E-state index in [0.29, 0.717) is 11.9 Å². The summed E-state index contributed by atoms with van der Waals surface area (Å²) < 4.78 is 0. The Balaban J connectivity index is 1.37. The molecular formula is C16H29N3O. The van der Waals surface area contributed by atoms with Crippen molar-refractivity contribution in [1.29, 1.82) is 0 Å².